The Balaban J connectivity index is 1.95. The summed E-state index contributed by atoms with van der Waals surface area (Å²) in [6.07, 6.45) is 1.66. The molecule has 5 nitrogen and oxygen atoms in total. The van der Waals surface area contributed by atoms with Gasteiger partial charge in [0, 0.05) is 11.1 Å². The van der Waals surface area contributed by atoms with E-state index in [9.17, 15) is 0 Å². The smallest absolute Gasteiger partial charge is 0.248 e. The third-order valence-corrected chi connectivity index (χ3v) is 2.91. The predicted molar refractivity (Wildman–Crippen MR) is 85.1 cm³/mol. The van der Waals surface area contributed by atoms with Crippen LogP contribution in [0.15, 0.2) is 30.6 Å². The highest BCUT2D eigenvalue weighted by Crippen LogP contribution is 2.10. The van der Waals surface area contributed by atoms with Crippen LogP contribution in [0, 0.1) is 0 Å². The number of benzene rings is 1. The summed E-state index contributed by atoms with van der Waals surface area (Å²) in [5.41, 5.74) is 1.11. The van der Waals surface area contributed by atoms with Gasteiger partial charge in [-0.1, -0.05) is 23.7 Å². The van der Waals surface area contributed by atoms with Gasteiger partial charge in [0.05, 0.1) is 6.54 Å². The number of rotatable bonds is 4. The molecule has 0 saturated heterocycles. The zero-order valence-corrected chi connectivity index (χ0v) is 12.9. The highest BCUT2D eigenvalue weighted by atomic mass is 35.5. The largest absolute Gasteiger partial charge is 0.360 e. The molecule has 1 heterocycles. The van der Waals surface area contributed by atoms with E-state index in [0.717, 1.165) is 10.6 Å². The molecule has 0 aliphatic rings. The van der Waals surface area contributed by atoms with E-state index in [4.69, 9.17) is 23.8 Å². The quantitative estimate of drug-likeness (QED) is 0.851. The first kappa shape index (κ1) is 14.7. The van der Waals surface area contributed by atoms with Gasteiger partial charge in [-0.25, -0.2) is 9.67 Å². The number of hydrogen-bond acceptors (Lipinski definition) is 3. The molecule has 106 valence electrons. The Morgan fingerprint density at radius 1 is 1.35 bits per heavy atom. The summed E-state index contributed by atoms with van der Waals surface area (Å²) in [6.45, 7) is 4.66. The standard InChI is InChI=1S/C13H16ClN5S/c1-9(2)16-13(20)17-12-15-8-19(18-12)7-10-3-5-11(14)6-4-10/h3-6,8-9H,7H2,1-2H3,(H2,16,17,18,20). The monoisotopic (exact) mass is 309 g/mol. The maximum atomic E-state index is 5.85. The molecule has 0 radical (unpaired) electrons. The van der Waals surface area contributed by atoms with Gasteiger partial charge in [0.1, 0.15) is 6.33 Å². The van der Waals surface area contributed by atoms with Gasteiger partial charge in [-0.05, 0) is 43.8 Å². The topological polar surface area (TPSA) is 54.8 Å². The van der Waals surface area contributed by atoms with Crippen molar-refractivity contribution in [3.05, 3.63) is 41.2 Å². The van der Waals surface area contributed by atoms with E-state index in [-0.39, 0.29) is 6.04 Å². The third-order valence-electron chi connectivity index (χ3n) is 2.44. The number of anilines is 1. The molecule has 0 fully saturated rings. The molecule has 0 unspecified atom stereocenters. The fraction of sp³-hybridized carbons (Fsp3) is 0.308. The van der Waals surface area contributed by atoms with E-state index in [2.05, 4.69) is 20.7 Å². The second-order valence-electron chi connectivity index (χ2n) is 4.65. The van der Waals surface area contributed by atoms with Crippen LogP contribution in [0.3, 0.4) is 0 Å². The van der Waals surface area contributed by atoms with Gasteiger partial charge in [0.15, 0.2) is 5.11 Å². The number of nitrogens with one attached hydrogen (secondary N) is 2. The Morgan fingerprint density at radius 2 is 2.05 bits per heavy atom. The lowest BCUT2D eigenvalue weighted by atomic mass is 10.2. The van der Waals surface area contributed by atoms with Crippen molar-refractivity contribution in [2.24, 2.45) is 0 Å². The van der Waals surface area contributed by atoms with Gasteiger partial charge in [-0.15, -0.1) is 5.10 Å². The molecule has 0 spiro atoms. The van der Waals surface area contributed by atoms with E-state index in [1.165, 1.54) is 0 Å². The summed E-state index contributed by atoms with van der Waals surface area (Å²) in [5, 5.41) is 11.6. The van der Waals surface area contributed by atoms with Crippen molar-refractivity contribution >= 4 is 34.9 Å². The van der Waals surface area contributed by atoms with E-state index in [1.807, 2.05) is 38.1 Å². The maximum Gasteiger partial charge on any atom is 0.248 e. The Morgan fingerprint density at radius 3 is 2.70 bits per heavy atom. The molecule has 20 heavy (non-hydrogen) atoms. The van der Waals surface area contributed by atoms with E-state index < -0.39 is 0 Å². The number of nitrogens with zero attached hydrogens (tertiary/aromatic N) is 3. The lowest BCUT2D eigenvalue weighted by molar-refractivity contribution is 0.687. The third kappa shape index (κ3) is 4.47. The minimum absolute atomic E-state index is 0.270. The number of thiocarbonyl (C=S) groups is 1. The van der Waals surface area contributed by atoms with Crippen LogP contribution in [-0.4, -0.2) is 25.9 Å². The van der Waals surface area contributed by atoms with E-state index in [0.29, 0.717) is 17.6 Å². The van der Waals surface area contributed by atoms with Crippen LogP contribution in [0.1, 0.15) is 19.4 Å². The van der Waals surface area contributed by atoms with Gasteiger partial charge in [0.25, 0.3) is 0 Å². The molecular weight excluding hydrogens is 294 g/mol. The molecule has 7 heteroatoms. The molecule has 2 N–H and O–H groups in total. The molecule has 0 saturated carbocycles. The molecule has 0 atom stereocenters. The first-order valence-corrected chi connectivity index (χ1v) is 7.03. The van der Waals surface area contributed by atoms with Gasteiger partial charge in [-0.3, -0.25) is 5.32 Å². The van der Waals surface area contributed by atoms with Crippen molar-refractivity contribution in [3.63, 3.8) is 0 Å². The van der Waals surface area contributed by atoms with Crippen LogP contribution < -0.4 is 10.6 Å². The minimum Gasteiger partial charge on any atom is -0.360 e. The van der Waals surface area contributed by atoms with E-state index in [1.54, 1.807) is 11.0 Å². The second-order valence-corrected chi connectivity index (χ2v) is 5.49. The number of aromatic nitrogens is 3. The van der Waals surface area contributed by atoms with Crippen LogP contribution in [0.25, 0.3) is 0 Å². The SMILES string of the molecule is CC(C)NC(=S)Nc1ncn(Cc2ccc(Cl)cc2)n1. The lowest BCUT2D eigenvalue weighted by Crippen LogP contribution is -2.34. The van der Waals surface area contributed by atoms with Crippen LogP contribution in [-0.2, 0) is 6.54 Å². The van der Waals surface area contributed by atoms with Crippen molar-refractivity contribution in [1.29, 1.82) is 0 Å². The molecule has 1 aromatic heterocycles. The first-order chi connectivity index (χ1) is 9.52. The van der Waals surface area contributed by atoms with Crippen LogP contribution in [0.5, 0.6) is 0 Å². The molecule has 1 aromatic carbocycles. The molecule has 0 aliphatic carbocycles. The summed E-state index contributed by atoms with van der Waals surface area (Å²) < 4.78 is 1.74. The Kier molecular flexibility index (Phi) is 4.92. The average molecular weight is 310 g/mol. The molecule has 2 aromatic rings. The zero-order chi connectivity index (χ0) is 14.5. The van der Waals surface area contributed by atoms with Crippen LogP contribution >= 0.6 is 23.8 Å². The number of halogens is 1. The fourth-order valence-electron chi connectivity index (χ4n) is 1.60. The van der Waals surface area contributed by atoms with Crippen molar-refractivity contribution in [2.75, 3.05) is 5.32 Å². The Bertz CT molecular complexity index is 579. The molecule has 0 amide bonds. The van der Waals surface area contributed by atoms with Crippen molar-refractivity contribution in [1.82, 2.24) is 20.1 Å². The highest BCUT2D eigenvalue weighted by molar-refractivity contribution is 7.80. The summed E-state index contributed by atoms with van der Waals surface area (Å²) >= 11 is 11.0. The molecule has 0 bridgehead atoms. The maximum absolute atomic E-state index is 5.85. The normalized spacial score (nSPS) is 10.6. The molecule has 0 aliphatic heterocycles. The van der Waals surface area contributed by atoms with Crippen molar-refractivity contribution in [2.45, 2.75) is 26.4 Å². The van der Waals surface area contributed by atoms with Crippen LogP contribution in [0.2, 0.25) is 5.02 Å². The predicted octanol–water partition coefficient (Wildman–Crippen LogP) is 2.67. The van der Waals surface area contributed by atoms with Gasteiger partial charge >= 0.3 is 0 Å². The molecule has 2 rings (SSSR count). The minimum atomic E-state index is 0.270. The Hall–Kier alpha value is -1.66. The lowest BCUT2D eigenvalue weighted by Gasteiger charge is -2.10. The zero-order valence-electron chi connectivity index (χ0n) is 11.3. The highest BCUT2D eigenvalue weighted by Gasteiger charge is 2.04. The van der Waals surface area contributed by atoms with Crippen LogP contribution in [0.4, 0.5) is 5.95 Å². The summed E-state index contributed by atoms with van der Waals surface area (Å²) in [4.78, 5) is 4.16. The van der Waals surface area contributed by atoms with Gasteiger partial charge < -0.3 is 5.32 Å². The first-order valence-electron chi connectivity index (χ1n) is 6.24. The van der Waals surface area contributed by atoms with E-state index >= 15 is 0 Å². The van der Waals surface area contributed by atoms with Crippen molar-refractivity contribution in [3.8, 4) is 0 Å². The van der Waals surface area contributed by atoms with Crippen molar-refractivity contribution < 1.29 is 0 Å². The second kappa shape index (κ2) is 6.67. The summed E-state index contributed by atoms with van der Waals surface area (Å²) in [7, 11) is 0. The molecular formula is C13H16ClN5S. The summed E-state index contributed by atoms with van der Waals surface area (Å²) in [5.74, 6) is 0.483. The number of hydrogen-bond donors (Lipinski definition) is 2. The average Bonchev–Trinajstić information content (AvgIpc) is 2.78. The fourth-order valence-corrected chi connectivity index (χ4v) is 2.06. The van der Waals surface area contributed by atoms with Gasteiger partial charge in [0.2, 0.25) is 5.95 Å². The van der Waals surface area contributed by atoms with Gasteiger partial charge in [-0.2, -0.15) is 0 Å². The summed E-state index contributed by atoms with van der Waals surface area (Å²) in [6, 6.07) is 7.90. The Labute approximate surface area is 128 Å².